The van der Waals surface area contributed by atoms with Crippen LogP contribution in [-0.2, 0) is 11.4 Å². The molecule has 3 rings (SSSR count). The first kappa shape index (κ1) is 18.2. The molecule has 0 aliphatic rings. The average molecular weight is 389 g/mol. The van der Waals surface area contributed by atoms with Crippen molar-refractivity contribution >= 4 is 40.6 Å². The molecule has 0 aliphatic carbocycles. The fourth-order valence-corrected chi connectivity index (χ4v) is 3.27. The van der Waals surface area contributed by atoms with Gasteiger partial charge in [0.1, 0.15) is 18.2 Å². The Morgan fingerprint density at radius 2 is 2.00 bits per heavy atom. The molecule has 26 heavy (non-hydrogen) atoms. The number of carboxylic acids is 1. The molecule has 0 spiro atoms. The third-order valence-corrected chi connectivity index (χ3v) is 4.77. The molecule has 0 aliphatic heterocycles. The van der Waals surface area contributed by atoms with E-state index in [2.05, 4.69) is 0 Å². The Morgan fingerprint density at radius 1 is 1.19 bits per heavy atom. The Morgan fingerprint density at radius 3 is 2.69 bits per heavy atom. The largest absolute Gasteiger partial charge is 0.488 e. The smallest absolute Gasteiger partial charge is 0.337 e. The van der Waals surface area contributed by atoms with Crippen LogP contribution in [0.15, 0.2) is 60.0 Å². The lowest BCUT2D eigenvalue weighted by molar-refractivity contribution is -0.130. The molecule has 0 bridgehead atoms. The van der Waals surface area contributed by atoms with E-state index in [1.807, 2.05) is 0 Å². The summed E-state index contributed by atoms with van der Waals surface area (Å²) in [6.07, 6.45) is 1.51. The molecule has 2 aromatic carbocycles. The minimum atomic E-state index is -1.05. The monoisotopic (exact) mass is 388 g/mol. The van der Waals surface area contributed by atoms with Crippen LogP contribution in [0.5, 0.6) is 5.75 Å². The minimum absolute atomic E-state index is 0.0244. The number of hydrogen-bond acceptors (Lipinski definition) is 3. The number of ether oxygens (including phenoxy) is 1. The maximum Gasteiger partial charge on any atom is 0.337 e. The van der Waals surface area contributed by atoms with Gasteiger partial charge in [-0.1, -0.05) is 35.9 Å². The zero-order chi connectivity index (χ0) is 18.5. The van der Waals surface area contributed by atoms with Crippen molar-refractivity contribution in [1.29, 1.82) is 0 Å². The first-order valence-electron chi connectivity index (χ1n) is 7.69. The van der Waals surface area contributed by atoms with E-state index in [-0.39, 0.29) is 18.0 Å². The van der Waals surface area contributed by atoms with Crippen molar-refractivity contribution < 1.29 is 19.0 Å². The van der Waals surface area contributed by atoms with E-state index in [0.717, 1.165) is 0 Å². The number of carbonyl (C=O) groups is 1. The highest BCUT2D eigenvalue weighted by Gasteiger charge is 2.14. The Bertz CT molecular complexity index is 951. The summed E-state index contributed by atoms with van der Waals surface area (Å²) in [7, 11) is 0. The van der Waals surface area contributed by atoms with E-state index in [0.29, 0.717) is 26.8 Å². The van der Waals surface area contributed by atoms with Gasteiger partial charge in [0.15, 0.2) is 0 Å². The highest BCUT2D eigenvalue weighted by Crippen LogP contribution is 2.30. The molecule has 0 saturated heterocycles. The normalized spacial score (nSPS) is 11.4. The summed E-state index contributed by atoms with van der Waals surface area (Å²) in [6.45, 7) is 0.0244. The van der Waals surface area contributed by atoms with Gasteiger partial charge >= 0.3 is 5.97 Å². The summed E-state index contributed by atoms with van der Waals surface area (Å²) >= 11 is 7.39. The van der Waals surface area contributed by atoms with Crippen LogP contribution < -0.4 is 4.74 Å². The summed E-state index contributed by atoms with van der Waals surface area (Å²) in [5, 5.41) is 11.8. The lowest BCUT2D eigenvalue weighted by atomic mass is 10.1. The Labute approximate surface area is 158 Å². The SMILES string of the molecule is O=C(O)/C(=C\c1cc(Cl)ccc1OCc1ccccc1F)c1cccs1. The topological polar surface area (TPSA) is 46.5 Å². The number of benzene rings is 2. The van der Waals surface area contributed by atoms with Gasteiger partial charge in [0.25, 0.3) is 0 Å². The molecule has 1 aromatic heterocycles. The predicted molar refractivity (Wildman–Crippen MR) is 102 cm³/mol. The molecular weight excluding hydrogens is 375 g/mol. The third kappa shape index (κ3) is 4.31. The molecule has 3 nitrogen and oxygen atoms in total. The summed E-state index contributed by atoms with van der Waals surface area (Å²) < 4.78 is 19.5. The van der Waals surface area contributed by atoms with Crippen LogP contribution in [-0.4, -0.2) is 11.1 Å². The quantitative estimate of drug-likeness (QED) is 0.547. The zero-order valence-electron chi connectivity index (χ0n) is 13.5. The second-order valence-electron chi connectivity index (χ2n) is 5.40. The van der Waals surface area contributed by atoms with E-state index in [1.54, 1.807) is 53.9 Å². The van der Waals surface area contributed by atoms with Crippen molar-refractivity contribution in [1.82, 2.24) is 0 Å². The average Bonchev–Trinajstić information content (AvgIpc) is 3.14. The van der Waals surface area contributed by atoms with Crippen molar-refractivity contribution in [3.8, 4) is 5.75 Å². The van der Waals surface area contributed by atoms with Gasteiger partial charge in [0, 0.05) is 21.0 Å². The highest BCUT2D eigenvalue weighted by atomic mass is 35.5. The van der Waals surface area contributed by atoms with E-state index >= 15 is 0 Å². The predicted octanol–water partition coefficient (Wildman–Crippen LogP) is 5.74. The van der Waals surface area contributed by atoms with Crippen molar-refractivity contribution in [3.63, 3.8) is 0 Å². The minimum Gasteiger partial charge on any atom is -0.488 e. The number of thiophene rings is 1. The molecule has 132 valence electrons. The molecule has 6 heteroatoms. The van der Waals surface area contributed by atoms with E-state index in [4.69, 9.17) is 16.3 Å². The molecule has 0 unspecified atom stereocenters. The van der Waals surface area contributed by atoms with Gasteiger partial charge in [0.05, 0.1) is 5.57 Å². The van der Waals surface area contributed by atoms with E-state index in [9.17, 15) is 14.3 Å². The fourth-order valence-electron chi connectivity index (χ4n) is 2.36. The second-order valence-corrected chi connectivity index (χ2v) is 6.79. The van der Waals surface area contributed by atoms with Gasteiger partial charge in [-0.15, -0.1) is 11.3 Å². The van der Waals surface area contributed by atoms with Crippen LogP contribution in [0.1, 0.15) is 16.0 Å². The standard InChI is InChI=1S/C20H14ClFO3S/c21-15-7-8-18(25-12-13-4-1-2-5-17(13)22)14(10-15)11-16(20(23)24)19-6-3-9-26-19/h1-11H,12H2,(H,23,24)/b16-11-. The van der Waals surface area contributed by atoms with Gasteiger partial charge in [-0.05, 0) is 41.8 Å². The second kappa shape index (κ2) is 8.17. The molecule has 0 radical (unpaired) electrons. The van der Waals surface area contributed by atoms with Crippen LogP contribution in [0.3, 0.4) is 0 Å². The molecule has 0 saturated carbocycles. The van der Waals surface area contributed by atoms with E-state index in [1.165, 1.54) is 23.5 Å². The number of aliphatic carboxylic acids is 1. The number of rotatable bonds is 6. The molecule has 0 atom stereocenters. The first-order valence-corrected chi connectivity index (χ1v) is 8.95. The maximum atomic E-state index is 13.8. The van der Waals surface area contributed by atoms with Crippen LogP contribution >= 0.6 is 22.9 Å². The summed E-state index contributed by atoms with van der Waals surface area (Å²) in [6, 6.07) is 14.7. The summed E-state index contributed by atoms with van der Waals surface area (Å²) in [4.78, 5) is 12.3. The number of carboxylic acid groups (broad SMARTS) is 1. The Hall–Kier alpha value is -2.63. The molecule has 0 fully saturated rings. The van der Waals surface area contributed by atoms with Gasteiger partial charge in [0.2, 0.25) is 0 Å². The summed E-state index contributed by atoms with van der Waals surface area (Å²) in [5.74, 6) is -0.983. The molecular formula is C20H14ClFO3S. The van der Waals surface area contributed by atoms with Crippen LogP contribution in [0.4, 0.5) is 4.39 Å². The van der Waals surface area contributed by atoms with Gasteiger partial charge in [-0.3, -0.25) is 0 Å². The third-order valence-electron chi connectivity index (χ3n) is 3.63. The summed E-state index contributed by atoms with van der Waals surface area (Å²) in [5.41, 5.74) is 1.06. The van der Waals surface area contributed by atoms with Gasteiger partial charge < -0.3 is 9.84 Å². The molecule has 3 aromatic rings. The fraction of sp³-hybridized carbons (Fsp3) is 0.0500. The molecule has 1 N–H and O–H groups in total. The maximum absolute atomic E-state index is 13.8. The molecule has 0 amide bonds. The van der Waals surface area contributed by atoms with E-state index < -0.39 is 5.97 Å². The lowest BCUT2D eigenvalue weighted by Crippen LogP contribution is -2.01. The number of hydrogen-bond donors (Lipinski definition) is 1. The Kier molecular flexibility index (Phi) is 5.71. The Balaban J connectivity index is 1.94. The lowest BCUT2D eigenvalue weighted by Gasteiger charge is -2.11. The van der Waals surface area contributed by atoms with Crippen molar-refractivity contribution in [2.24, 2.45) is 0 Å². The van der Waals surface area contributed by atoms with Crippen molar-refractivity contribution in [3.05, 3.63) is 86.8 Å². The zero-order valence-corrected chi connectivity index (χ0v) is 15.1. The van der Waals surface area contributed by atoms with Crippen molar-refractivity contribution in [2.45, 2.75) is 6.61 Å². The van der Waals surface area contributed by atoms with Gasteiger partial charge in [-0.25, -0.2) is 9.18 Å². The molecule has 1 heterocycles. The highest BCUT2D eigenvalue weighted by molar-refractivity contribution is 7.11. The van der Waals surface area contributed by atoms with Crippen LogP contribution in [0.2, 0.25) is 5.02 Å². The van der Waals surface area contributed by atoms with Crippen molar-refractivity contribution in [2.75, 3.05) is 0 Å². The number of halogens is 2. The first-order chi connectivity index (χ1) is 12.5. The van der Waals surface area contributed by atoms with Gasteiger partial charge in [-0.2, -0.15) is 0 Å². The van der Waals surface area contributed by atoms with Crippen LogP contribution in [0, 0.1) is 5.82 Å². The van der Waals surface area contributed by atoms with Crippen LogP contribution in [0.25, 0.3) is 11.6 Å².